The van der Waals surface area contributed by atoms with Crippen LogP contribution in [-0.2, 0) is 29.5 Å². The number of anilines is 1. The number of carbonyl (C=O) groups is 1. The topological polar surface area (TPSA) is 191 Å². The number of phenolic OH excluding ortho intramolecular Hbond substituents is 3. The first-order valence-electron chi connectivity index (χ1n) is 17.2. The Bertz CT molecular complexity index is 1740. The summed E-state index contributed by atoms with van der Waals surface area (Å²) in [6.45, 7) is 4.27. The van der Waals surface area contributed by atoms with Crippen molar-refractivity contribution in [2.24, 2.45) is 17.8 Å². The van der Waals surface area contributed by atoms with E-state index in [9.17, 15) is 30.3 Å². The summed E-state index contributed by atoms with van der Waals surface area (Å²) in [4.78, 5) is 22.2. The molecular formula is C39H49N3O8. The van der Waals surface area contributed by atoms with E-state index in [1.165, 1.54) is 19.2 Å². The van der Waals surface area contributed by atoms with Gasteiger partial charge in [0.05, 0.1) is 31.8 Å². The summed E-state index contributed by atoms with van der Waals surface area (Å²) in [5.41, 5.74) is 8.26. The van der Waals surface area contributed by atoms with Gasteiger partial charge in [-0.25, -0.2) is 4.98 Å². The maximum absolute atomic E-state index is 14.8. The van der Waals surface area contributed by atoms with Crippen LogP contribution in [0.4, 0.5) is 5.82 Å². The van der Waals surface area contributed by atoms with E-state index in [-0.39, 0.29) is 59.8 Å². The standard InChI is InChI=1S/C39H49N3O8/c1-23(2)22-50-35-19-25(17-33(47)38(35)48)8-11-32(46)37(31(45)10-7-24-6-9-30(44)34(18-24)49-3)39(26-13-16-42-36(40)20-26)14-12-29(43)28(39)21-27-5-4-15-41-27/h4-6,9,13,15-20,23,28-29,31,37,41,43-45,47-48H,7-8,10-12,14,21-22H2,1-3H3,(H2,40,42). The van der Waals surface area contributed by atoms with Gasteiger partial charge in [0.1, 0.15) is 11.6 Å². The largest absolute Gasteiger partial charge is 0.504 e. The smallest absolute Gasteiger partial charge is 0.200 e. The van der Waals surface area contributed by atoms with Crippen LogP contribution in [-0.4, -0.2) is 67.2 Å². The highest BCUT2D eigenvalue weighted by molar-refractivity contribution is 5.84. The van der Waals surface area contributed by atoms with Gasteiger partial charge in [0.15, 0.2) is 23.0 Å². The number of H-pyrrole nitrogens is 1. The molecule has 0 radical (unpaired) electrons. The van der Waals surface area contributed by atoms with Crippen molar-refractivity contribution in [2.45, 2.75) is 76.4 Å². The van der Waals surface area contributed by atoms with Crippen LogP contribution in [0.5, 0.6) is 28.7 Å². The molecule has 5 unspecified atom stereocenters. The number of aromatic hydroxyl groups is 3. The molecule has 0 saturated heterocycles. The molecule has 0 spiro atoms. The van der Waals surface area contributed by atoms with Crippen molar-refractivity contribution in [2.75, 3.05) is 19.5 Å². The summed E-state index contributed by atoms with van der Waals surface area (Å²) >= 11 is 0. The zero-order valence-corrected chi connectivity index (χ0v) is 28.9. The number of ketones is 1. The molecule has 0 aliphatic heterocycles. The van der Waals surface area contributed by atoms with Crippen LogP contribution in [0, 0.1) is 17.8 Å². The zero-order chi connectivity index (χ0) is 36.0. The molecule has 4 aromatic rings. The van der Waals surface area contributed by atoms with Gasteiger partial charge >= 0.3 is 0 Å². The van der Waals surface area contributed by atoms with Gasteiger partial charge < -0.3 is 45.7 Å². The van der Waals surface area contributed by atoms with Crippen LogP contribution in [0.15, 0.2) is 67.0 Å². The highest BCUT2D eigenvalue weighted by Gasteiger charge is 2.57. The Kier molecular flexibility index (Phi) is 11.6. The maximum Gasteiger partial charge on any atom is 0.200 e. The first-order chi connectivity index (χ1) is 23.9. The van der Waals surface area contributed by atoms with Gasteiger partial charge in [-0.2, -0.15) is 0 Å². The fraction of sp³-hybridized carbons (Fsp3) is 0.436. The van der Waals surface area contributed by atoms with E-state index in [2.05, 4.69) is 9.97 Å². The molecule has 268 valence electrons. The first-order valence-corrected chi connectivity index (χ1v) is 17.2. The van der Waals surface area contributed by atoms with Crippen LogP contribution in [0.25, 0.3) is 0 Å². The Morgan fingerprint density at radius 2 is 1.82 bits per heavy atom. The SMILES string of the molecule is COc1cc(CCC(O)C(C(=O)CCc2cc(O)c(O)c(OCC(C)C)c2)C2(c3ccnc(N)c3)CCC(O)C2Cc2ccc[nH]2)ccc1O. The quantitative estimate of drug-likeness (QED) is 0.0769. The number of Topliss-reactive ketones (excluding diaryl/α,β-unsaturated/α-hetero) is 1. The molecule has 1 saturated carbocycles. The van der Waals surface area contributed by atoms with Gasteiger partial charge in [-0.15, -0.1) is 0 Å². The summed E-state index contributed by atoms with van der Waals surface area (Å²) in [7, 11) is 1.47. The normalized spacial score (nSPS) is 20.1. The van der Waals surface area contributed by atoms with Crippen LogP contribution in [0.3, 0.4) is 0 Å². The van der Waals surface area contributed by atoms with Crippen LogP contribution in [0.1, 0.15) is 61.9 Å². The Balaban J connectivity index is 1.54. The molecule has 2 aromatic carbocycles. The second-order valence-corrected chi connectivity index (χ2v) is 13.8. The third kappa shape index (κ3) is 8.00. The van der Waals surface area contributed by atoms with Crippen molar-refractivity contribution < 1.29 is 39.8 Å². The molecule has 5 rings (SSSR count). The highest BCUT2D eigenvalue weighted by Crippen LogP contribution is 2.54. The van der Waals surface area contributed by atoms with E-state index in [1.807, 2.05) is 38.2 Å². The van der Waals surface area contributed by atoms with E-state index in [1.54, 1.807) is 30.5 Å². The average Bonchev–Trinajstić information content (AvgIpc) is 3.73. The average molecular weight is 688 g/mol. The number of nitrogen functional groups attached to an aromatic ring is 1. The van der Waals surface area contributed by atoms with Gasteiger partial charge in [0.2, 0.25) is 5.75 Å². The lowest BCUT2D eigenvalue weighted by Gasteiger charge is -2.45. The van der Waals surface area contributed by atoms with Crippen LogP contribution < -0.4 is 15.2 Å². The van der Waals surface area contributed by atoms with Crippen LogP contribution >= 0.6 is 0 Å². The summed E-state index contributed by atoms with van der Waals surface area (Å²) in [5.74, 6) is -1.41. The zero-order valence-electron chi connectivity index (χ0n) is 28.9. The molecule has 5 atom stereocenters. The van der Waals surface area contributed by atoms with Gasteiger partial charge in [-0.05, 0) is 110 Å². The number of hydrogen-bond donors (Lipinski definition) is 7. The lowest BCUT2D eigenvalue weighted by molar-refractivity contribution is -0.132. The number of aliphatic hydroxyl groups excluding tert-OH is 2. The fourth-order valence-corrected chi connectivity index (χ4v) is 7.61. The fourth-order valence-electron chi connectivity index (χ4n) is 7.61. The van der Waals surface area contributed by atoms with E-state index in [0.29, 0.717) is 43.6 Å². The highest BCUT2D eigenvalue weighted by atomic mass is 16.5. The van der Waals surface area contributed by atoms with Crippen molar-refractivity contribution >= 4 is 11.6 Å². The number of nitrogens with zero attached hydrogens (tertiary/aromatic N) is 1. The molecule has 1 aliphatic carbocycles. The number of benzene rings is 2. The molecule has 1 fully saturated rings. The molecule has 2 aromatic heterocycles. The Labute approximate surface area is 292 Å². The number of rotatable bonds is 16. The minimum absolute atomic E-state index is 0.00390. The van der Waals surface area contributed by atoms with Crippen molar-refractivity contribution in [1.82, 2.24) is 9.97 Å². The summed E-state index contributed by atoms with van der Waals surface area (Å²) < 4.78 is 11.0. The number of aryl methyl sites for hydroxylation is 2. The number of pyridine rings is 1. The Morgan fingerprint density at radius 3 is 2.52 bits per heavy atom. The monoisotopic (exact) mass is 687 g/mol. The number of methoxy groups -OCH3 is 1. The maximum atomic E-state index is 14.8. The second kappa shape index (κ2) is 15.9. The molecule has 0 bridgehead atoms. The number of hydrogen-bond acceptors (Lipinski definition) is 10. The lowest BCUT2D eigenvalue weighted by Crippen LogP contribution is -2.51. The number of aliphatic hydroxyl groups is 2. The molecule has 11 heteroatoms. The molecule has 8 N–H and O–H groups in total. The van der Waals surface area contributed by atoms with Crippen molar-refractivity contribution in [3.05, 3.63) is 89.4 Å². The van der Waals surface area contributed by atoms with Gasteiger partial charge in [-0.3, -0.25) is 4.79 Å². The number of aromatic nitrogens is 2. The number of phenols is 3. The summed E-state index contributed by atoms with van der Waals surface area (Å²) in [5, 5.41) is 54.8. The Hall–Kier alpha value is -4.74. The summed E-state index contributed by atoms with van der Waals surface area (Å²) in [6.07, 6.45) is 3.63. The van der Waals surface area contributed by atoms with Crippen molar-refractivity contribution in [1.29, 1.82) is 0 Å². The third-order valence-electron chi connectivity index (χ3n) is 10.0. The minimum atomic E-state index is -1.13. The number of nitrogens with one attached hydrogen (secondary N) is 1. The predicted molar refractivity (Wildman–Crippen MR) is 189 cm³/mol. The molecule has 2 heterocycles. The minimum Gasteiger partial charge on any atom is -0.504 e. The van der Waals surface area contributed by atoms with Gasteiger partial charge in [0.25, 0.3) is 0 Å². The molecular weight excluding hydrogens is 638 g/mol. The molecule has 11 nitrogen and oxygen atoms in total. The van der Waals surface area contributed by atoms with E-state index in [4.69, 9.17) is 15.2 Å². The molecule has 1 aliphatic rings. The first kappa shape index (κ1) is 36.5. The lowest BCUT2D eigenvalue weighted by atomic mass is 9.58. The Morgan fingerprint density at radius 1 is 1.04 bits per heavy atom. The summed E-state index contributed by atoms with van der Waals surface area (Å²) in [6, 6.07) is 15.4. The van der Waals surface area contributed by atoms with Crippen molar-refractivity contribution in [3.63, 3.8) is 0 Å². The number of ether oxygens (including phenoxy) is 2. The van der Waals surface area contributed by atoms with Gasteiger partial charge in [-0.1, -0.05) is 19.9 Å². The number of aromatic amines is 1. The molecule has 50 heavy (non-hydrogen) atoms. The van der Waals surface area contributed by atoms with E-state index >= 15 is 0 Å². The number of nitrogens with two attached hydrogens (primary N) is 1. The second-order valence-electron chi connectivity index (χ2n) is 13.8. The van der Waals surface area contributed by atoms with Crippen LogP contribution in [0.2, 0.25) is 0 Å². The number of carbonyl (C=O) groups excluding carboxylic acids is 1. The van der Waals surface area contributed by atoms with E-state index < -0.39 is 29.5 Å². The van der Waals surface area contributed by atoms with Crippen molar-refractivity contribution in [3.8, 4) is 28.7 Å². The third-order valence-corrected chi connectivity index (χ3v) is 10.0. The van der Waals surface area contributed by atoms with E-state index in [0.717, 1.165) is 16.8 Å². The van der Waals surface area contributed by atoms with Gasteiger partial charge in [0, 0.05) is 35.8 Å². The predicted octanol–water partition coefficient (Wildman–Crippen LogP) is 5.22. The molecule has 0 amide bonds.